The minimum atomic E-state index is 0.116. The molecule has 0 bridgehead atoms. The Balaban J connectivity index is 1.73. The summed E-state index contributed by atoms with van der Waals surface area (Å²) in [5, 5.41) is 3.60. The standard InChI is InChI=1S/C17H25NO/c1-2-14-6-8-15(9-7-14)16-12-18-13-17(19-16)10-4-3-5-11-17/h6-9,16,18H,2-5,10-13H2,1H3. The zero-order chi connectivity index (χ0) is 13.1. The number of hydrogen-bond donors (Lipinski definition) is 1. The zero-order valence-electron chi connectivity index (χ0n) is 12.0. The molecule has 2 fully saturated rings. The van der Waals surface area contributed by atoms with E-state index in [-0.39, 0.29) is 11.7 Å². The number of aryl methyl sites for hydroxylation is 1. The summed E-state index contributed by atoms with van der Waals surface area (Å²) in [7, 11) is 0. The summed E-state index contributed by atoms with van der Waals surface area (Å²) in [6, 6.07) is 8.96. The summed E-state index contributed by atoms with van der Waals surface area (Å²) in [4.78, 5) is 0. The normalized spacial score (nSPS) is 26.5. The molecule has 2 nitrogen and oxygen atoms in total. The van der Waals surface area contributed by atoms with E-state index in [2.05, 4.69) is 36.5 Å². The van der Waals surface area contributed by atoms with Crippen molar-refractivity contribution in [1.82, 2.24) is 5.32 Å². The van der Waals surface area contributed by atoms with E-state index < -0.39 is 0 Å². The molecule has 1 saturated carbocycles. The van der Waals surface area contributed by atoms with Gasteiger partial charge in [-0.25, -0.2) is 0 Å². The van der Waals surface area contributed by atoms with Crippen LogP contribution in [0.4, 0.5) is 0 Å². The molecule has 1 aromatic rings. The molecule has 104 valence electrons. The van der Waals surface area contributed by atoms with Crippen molar-refractivity contribution >= 4 is 0 Å². The van der Waals surface area contributed by atoms with Crippen LogP contribution in [0.3, 0.4) is 0 Å². The van der Waals surface area contributed by atoms with Gasteiger partial charge in [0, 0.05) is 13.1 Å². The van der Waals surface area contributed by atoms with Gasteiger partial charge in [-0.2, -0.15) is 0 Å². The monoisotopic (exact) mass is 259 g/mol. The first-order chi connectivity index (χ1) is 9.31. The Morgan fingerprint density at radius 3 is 2.58 bits per heavy atom. The van der Waals surface area contributed by atoms with Gasteiger partial charge in [0.1, 0.15) is 0 Å². The van der Waals surface area contributed by atoms with Crippen molar-refractivity contribution in [1.29, 1.82) is 0 Å². The van der Waals surface area contributed by atoms with E-state index >= 15 is 0 Å². The van der Waals surface area contributed by atoms with Crippen LogP contribution in [0.5, 0.6) is 0 Å². The van der Waals surface area contributed by atoms with E-state index in [4.69, 9.17) is 4.74 Å². The van der Waals surface area contributed by atoms with Gasteiger partial charge in [-0.1, -0.05) is 50.5 Å². The van der Waals surface area contributed by atoms with Crippen molar-refractivity contribution in [3.05, 3.63) is 35.4 Å². The van der Waals surface area contributed by atoms with Gasteiger partial charge < -0.3 is 10.1 Å². The number of hydrogen-bond acceptors (Lipinski definition) is 2. The minimum absolute atomic E-state index is 0.116. The maximum atomic E-state index is 6.51. The Morgan fingerprint density at radius 1 is 1.16 bits per heavy atom. The smallest absolute Gasteiger partial charge is 0.0957 e. The van der Waals surface area contributed by atoms with Crippen LogP contribution in [-0.2, 0) is 11.2 Å². The first kappa shape index (κ1) is 13.1. The first-order valence-electron chi connectivity index (χ1n) is 7.79. The molecular weight excluding hydrogens is 234 g/mol. The lowest BCUT2D eigenvalue weighted by Gasteiger charge is -2.44. The Kier molecular flexibility index (Phi) is 3.90. The van der Waals surface area contributed by atoms with Crippen molar-refractivity contribution in [2.24, 2.45) is 0 Å². The van der Waals surface area contributed by atoms with Gasteiger partial charge in [0.15, 0.2) is 0 Å². The molecule has 2 aliphatic rings. The van der Waals surface area contributed by atoms with E-state index in [0.717, 1.165) is 19.5 Å². The Morgan fingerprint density at radius 2 is 1.89 bits per heavy atom. The lowest BCUT2D eigenvalue weighted by atomic mass is 9.83. The van der Waals surface area contributed by atoms with Crippen LogP contribution in [0.15, 0.2) is 24.3 Å². The van der Waals surface area contributed by atoms with Crippen LogP contribution < -0.4 is 5.32 Å². The predicted octanol–water partition coefficient (Wildman–Crippen LogP) is 3.61. The molecular formula is C17H25NO. The number of benzene rings is 1. The van der Waals surface area contributed by atoms with E-state index in [1.807, 2.05) is 0 Å². The third-order valence-electron chi connectivity index (χ3n) is 4.69. The average molecular weight is 259 g/mol. The highest BCUT2D eigenvalue weighted by Gasteiger charge is 2.38. The summed E-state index contributed by atoms with van der Waals surface area (Å²) in [6.45, 7) is 4.19. The highest BCUT2D eigenvalue weighted by molar-refractivity contribution is 5.25. The zero-order valence-corrected chi connectivity index (χ0v) is 12.0. The van der Waals surface area contributed by atoms with Crippen molar-refractivity contribution in [2.75, 3.05) is 13.1 Å². The molecule has 0 amide bonds. The van der Waals surface area contributed by atoms with Gasteiger partial charge in [-0.05, 0) is 30.4 Å². The second kappa shape index (κ2) is 5.64. The van der Waals surface area contributed by atoms with Gasteiger partial charge >= 0.3 is 0 Å². The molecule has 1 aliphatic heterocycles. The molecule has 2 heteroatoms. The molecule has 1 heterocycles. The highest BCUT2D eigenvalue weighted by atomic mass is 16.5. The summed E-state index contributed by atoms with van der Waals surface area (Å²) >= 11 is 0. The molecule has 1 aromatic carbocycles. The Labute approximate surface area is 116 Å². The third kappa shape index (κ3) is 2.85. The number of rotatable bonds is 2. The maximum absolute atomic E-state index is 6.51. The van der Waals surface area contributed by atoms with Crippen molar-refractivity contribution in [3.63, 3.8) is 0 Å². The van der Waals surface area contributed by atoms with Crippen molar-refractivity contribution < 1.29 is 4.74 Å². The topological polar surface area (TPSA) is 21.3 Å². The van der Waals surface area contributed by atoms with Gasteiger partial charge in [0.05, 0.1) is 11.7 Å². The minimum Gasteiger partial charge on any atom is -0.364 e. The SMILES string of the molecule is CCc1ccc(C2CNCC3(CCCCC3)O2)cc1. The van der Waals surface area contributed by atoms with Gasteiger partial charge in [-0.15, -0.1) is 0 Å². The van der Waals surface area contributed by atoms with Crippen LogP contribution in [0.25, 0.3) is 0 Å². The number of ether oxygens (including phenoxy) is 1. The van der Waals surface area contributed by atoms with Crippen LogP contribution in [0.2, 0.25) is 0 Å². The van der Waals surface area contributed by atoms with E-state index in [1.54, 1.807) is 0 Å². The second-order valence-corrected chi connectivity index (χ2v) is 6.08. The average Bonchev–Trinajstić information content (AvgIpc) is 2.48. The number of morpholine rings is 1. The lowest BCUT2D eigenvalue weighted by Crippen LogP contribution is -2.51. The fraction of sp³-hybridized carbons (Fsp3) is 0.647. The predicted molar refractivity (Wildman–Crippen MR) is 78.3 cm³/mol. The number of nitrogens with one attached hydrogen (secondary N) is 1. The lowest BCUT2D eigenvalue weighted by molar-refractivity contribution is -0.135. The fourth-order valence-corrected chi connectivity index (χ4v) is 3.46. The van der Waals surface area contributed by atoms with Gasteiger partial charge in [0.2, 0.25) is 0 Å². The van der Waals surface area contributed by atoms with E-state index in [0.29, 0.717) is 0 Å². The van der Waals surface area contributed by atoms with Gasteiger partial charge in [-0.3, -0.25) is 0 Å². The summed E-state index contributed by atoms with van der Waals surface area (Å²) in [6.07, 6.45) is 7.81. The Bertz CT molecular complexity index is 400. The van der Waals surface area contributed by atoms with Gasteiger partial charge in [0.25, 0.3) is 0 Å². The molecule has 3 rings (SSSR count). The largest absolute Gasteiger partial charge is 0.364 e. The quantitative estimate of drug-likeness (QED) is 0.876. The summed E-state index contributed by atoms with van der Waals surface area (Å²) in [5.41, 5.74) is 2.85. The molecule has 0 aromatic heterocycles. The first-order valence-corrected chi connectivity index (χ1v) is 7.79. The van der Waals surface area contributed by atoms with E-state index in [9.17, 15) is 0 Å². The Hall–Kier alpha value is -0.860. The van der Waals surface area contributed by atoms with Crippen LogP contribution in [-0.4, -0.2) is 18.7 Å². The van der Waals surface area contributed by atoms with Crippen LogP contribution in [0.1, 0.15) is 56.3 Å². The molecule has 1 unspecified atom stereocenters. The second-order valence-electron chi connectivity index (χ2n) is 6.08. The van der Waals surface area contributed by atoms with Crippen LogP contribution in [0, 0.1) is 0 Å². The molecule has 1 aliphatic carbocycles. The fourth-order valence-electron chi connectivity index (χ4n) is 3.46. The third-order valence-corrected chi connectivity index (χ3v) is 4.69. The molecule has 0 radical (unpaired) electrons. The maximum Gasteiger partial charge on any atom is 0.0957 e. The molecule has 1 atom stereocenters. The molecule has 1 spiro atoms. The highest BCUT2D eigenvalue weighted by Crippen LogP contribution is 2.37. The van der Waals surface area contributed by atoms with Crippen molar-refractivity contribution in [2.45, 2.75) is 57.2 Å². The van der Waals surface area contributed by atoms with Crippen LogP contribution >= 0.6 is 0 Å². The van der Waals surface area contributed by atoms with E-state index in [1.165, 1.54) is 43.2 Å². The molecule has 1 saturated heterocycles. The van der Waals surface area contributed by atoms with Crippen molar-refractivity contribution in [3.8, 4) is 0 Å². The summed E-state index contributed by atoms with van der Waals surface area (Å²) in [5.74, 6) is 0. The molecule has 1 N–H and O–H groups in total. The summed E-state index contributed by atoms with van der Waals surface area (Å²) < 4.78 is 6.51. The molecule has 19 heavy (non-hydrogen) atoms.